The van der Waals surface area contributed by atoms with Gasteiger partial charge in [0.2, 0.25) is 0 Å². The van der Waals surface area contributed by atoms with Crippen LogP contribution in [-0.4, -0.2) is 47.7 Å². The maximum Gasteiger partial charge on any atom is 0.0720 e. The van der Waals surface area contributed by atoms with Crippen molar-refractivity contribution >= 4 is 5.71 Å². The van der Waals surface area contributed by atoms with Crippen molar-refractivity contribution in [3.05, 3.63) is 144 Å². The van der Waals surface area contributed by atoms with Crippen molar-refractivity contribution in [3.8, 4) is 0 Å². The fourth-order valence-electron chi connectivity index (χ4n) is 6.90. The average molecular weight is 615 g/mol. The Morgan fingerprint density at radius 3 is 1.70 bits per heavy atom. The van der Waals surface area contributed by atoms with Gasteiger partial charge in [-0.2, -0.15) is 0 Å². The highest BCUT2D eigenvalue weighted by Crippen LogP contribution is 2.25. The van der Waals surface area contributed by atoms with Gasteiger partial charge in [0.25, 0.3) is 0 Å². The monoisotopic (exact) mass is 614 g/mol. The Morgan fingerprint density at radius 2 is 1.15 bits per heavy atom. The second kappa shape index (κ2) is 17.9. The number of piperidine rings is 2. The van der Waals surface area contributed by atoms with Crippen LogP contribution in [0.1, 0.15) is 80.8 Å². The summed E-state index contributed by atoms with van der Waals surface area (Å²) in [5.41, 5.74) is 6.90. The van der Waals surface area contributed by atoms with Crippen LogP contribution < -0.4 is 5.32 Å². The topological polar surface area (TPSA) is 30.9 Å². The van der Waals surface area contributed by atoms with Gasteiger partial charge in [0, 0.05) is 50.5 Å². The smallest absolute Gasteiger partial charge is 0.0720 e. The van der Waals surface area contributed by atoms with Crippen molar-refractivity contribution in [2.75, 3.05) is 26.2 Å². The number of rotatable bonds is 10. The van der Waals surface area contributed by atoms with Gasteiger partial charge in [-0.05, 0) is 67.8 Å². The van der Waals surface area contributed by atoms with Gasteiger partial charge in [-0.1, -0.05) is 135 Å². The maximum atomic E-state index is 4.94. The largest absolute Gasteiger partial charge is 0.307 e. The van der Waals surface area contributed by atoms with Gasteiger partial charge >= 0.3 is 0 Å². The Kier molecular flexibility index (Phi) is 13.2. The Balaban J connectivity index is 0.000000182. The molecule has 2 fully saturated rings. The highest BCUT2D eigenvalue weighted by Gasteiger charge is 2.29. The minimum absolute atomic E-state index is 0.275. The SMILES string of the molecule is CC[C@@H]1CN(Cc2ccccc2)CC[C@H]1N[C@@H](C)c1ccccc1.C[C@H](N=C1CCN(Cc2ccccc2)CC1)c1ccccc1. The van der Waals surface area contributed by atoms with Crippen LogP contribution >= 0.6 is 0 Å². The number of aliphatic imine (C=N–C) groups is 1. The van der Waals surface area contributed by atoms with Crippen LogP contribution in [0.3, 0.4) is 0 Å². The zero-order valence-electron chi connectivity index (χ0n) is 28.3. The molecule has 0 aliphatic carbocycles. The average Bonchev–Trinajstić information content (AvgIpc) is 3.11. The molecule has 0 aromatic heterocycles. The molecule has 6 rings (SSSR count). The molecule has 0 spiro atoms. The zero-order chi connectivity index (χ0) is 32.0. The van der Waals surface area contributed by atoms with Gasteiger partial charge in [-0.15, -0.1) is 0 Å². The van der Waals surface area contributed by atoms with Crippen LogP contribution in [0.15, 0.2) is 126 Å². The predicted molar refractivity (Wildman–Crippen MR) is 195 cm³/mol. The summed E-state index contributed by atoms with van der Waals surface area (Å²) in [7, 11) is 0. The summed E-state index contributed by atoms with van der Waals surface area (Å²) >= 11 is 0. The van der Waals surface area contributed by atoms with E-state index in [0.29, 0.717) is 12.1 Å². The molecule has 0 radical (unpaired) electrons. The molecule has 242 valence electrons. The highest BCUT2D eigenvalue weighted by atomic mass is 15.2. The molecule has 0 bridgehead atoms. The summed E-state index contributed by atoms with van der Waals surface area (Å²) in [4.78, 5) is 10.1. The molecule has 1 N–H and O–H groups in total. The van der Waals surface area contributed by atoms with Crippen LogP contribution in [0.5, 0.6) is 0 Å². The number of hydrogen-bond acceptors (Lipinski definition) is 4. The van der Waals surface area contributed by atoms with Crippen molar-refractivity contribution in [1.29, 1.82) is 0 Å². The van der Waals surface area contributed by atoms with E-state index < -0.39 is 0 Å². The van der Waals surface area contributed by atoms with E-state index in [9.17, 15) is 0 Å². The third-order valence-electron chi connectivity index (χ3n) is 9.70. The first kappa shape index (κ1) is 33.8. The first-order chi connectivity index (χ1) is 22.6. The summed E-state index contributed by atoms with van der Waals surface area (Å²) in [5.74, 6) is 0.730. The van der Waals surface area contributed by atoms with Crippen LogP contribution in [0.2, 0.25) is 0 Å². The van der Waals surface area contributed by atoms with E-state index in [-0.39, 0.29) is 6.04 Å². The fourth-order valence-corrected chi connectivity index (χ4v) is 6.90. The zero-order valence-corrected chi connectivity index (χ0v) is 28.3. The molecule has 2 aliphatic rings. The minimum Gasteiger partial charge on any atom is -0.307 e. The summed E-state index contributed by atoms with van der Waals surface area (Å²) in [6, 6.07) is 44.3. The lowest BCUT2D eigenvalue weighted by atomic mass is 9.88. The molecule has 4 aromatic rings. The van der Waals surface area contributed by atoms with Crippen molar-refractivity contribution < 1.29 is 0 Å². The Labute approximate surface area is 278 Å². The molecule has 4 heteroatoms. The molecule has 2 saturated heterocycles. The first-order valence-corrected chi connectivity index (χ1v) is 17.5. The van der Waals surface area contributed by atoms with E-state index in [1.807, 2.05) is 0 Å². The molecule has 2 aliphatic heterocycles. The minimum atomic E-state index is 0.275. The van der Waals surface area contributed by atoms with Crippen LogP contribution in [0.25, 0.3) is 0 Å². The quantitative estimate of drug-likeness (QED) is 0.193. The van der Waals surface area contributed by atoms with Gasteiger partial charge < -0.3 is 5.32 Å². The normalized spacial score (nSPS) is 20.3. The molecule has 4 nitrogen and oxygen atoms in total. The molecular weight excluding hydrogens is 560 g/mol. The van der Waals surface area contributed by atoms with Crippen molar-refractivity contribution in [3.63, 3.8) is 0 Å². The second-order valence-corrected chi connectivity index (χ2v) is 13.1. The van der Waals surface area contributed by atoms with E-state index in [1.165, 1.54) is 53.9 Å². The Hall–Kier alpha value is -3.57. The van der Waals surface area contributed by atoms with E-state index in [2.05, 4.69) is 157 Å². The fraction of sp³-hybridized carbons (Fsp3) is 0.405. The summed E-state index contributed by atoms with van der Waals surface area (Å²) in [6.45, 7) is 13.6. The maximum absolute atomic E-state index is 4.94. The number of likely N-dealkylation sites (tertiary alicyclic amines) is 2. The summed E-state index contributed by atoms with van der Waals surface area (Å²) in [5, 5.41) is 3.89. The van der Waals surface area contributed by atoms with E-state index >= 15 is 0 Å². The lowest BCUT2D eigenvalue weighted by Crippen LogP contribution is -2.49. The predicted octanol–water partition coefficient (Wildman–Crippen LogP) is 9.12. The number of nitrogens with zero attached hydrogens (tertiary/aromatic N) is 3. The van der Waals surface area contributed by atoms with Gasteiger partial charge in [-0.25, -0.2) is 0 Å². The van der Waals surface area contributed by atoms with Crippen LogP contribution in [-0.2, 0) is 13.1 Å². The lowest BCUT2D eigenvalue weighted by Gasteiger charge is -2.40. The van der Waals surface area contributed by atoms with E-state index in [4.69, 9.17) is 4.99 Å². The molecular formula is C42H54N4. The Morgan fingerprint density at radius 1 is 0.652 bits per heavy atom. The molecule has 2 heterocycles. The third kappa shape index (κ3) is 10.5. The highest BCUT2D eigenvalue weighted by molar-refractivity contribution is 5.85. The van der Waals surface area contributed by atoms with Gasteiger partial charge in [0.1, 0.15) is 0 Å². The standard InChI is InChI=1S/C22H30N2.C20H24N2/c1-3-20-17-24(16-19-10-6-4-7-11-19)15-14-22(20)23-18(2)21-12-8-5-9-13-21;1-17(19-10-6-3-7-11-19)21-20-12-14-22(15-13-20)16-18-8-4-2-5-9-18/h4-13,18,20,22-23H,3,14-17H2,1-2H3;2-11,17H,12-16H2,1H3/t18-,20+,22+;17-/m00/s1. The van der Waals surface area contributed by atoms with Crippen LogP contribution in [0, 0.1) is 5.92 Å². The molecule has 46 heavy (non-hydrogen) atoms. The molecule has 4 aromatic carbocycles. The van der Waals surface area contributed by atoms with Gasteiger partial charge in [0.15, 0.2) is 0 Å². The van der Waals surface area contributed by atoms with E-state index in [1.54, 1.807) is 0 Å². The first-order valence-electron chi connectivity index (χ1n) is 17.5. The third-order valence-corrected chi connectivity index (χ3v) is 9.70. The van der Waals surface area contributed by atoms with Crippen molar-refractivity contribution in [2.24, 2.45) is 10.9 Å². The lowest BCUT2D eigenvalue weighted by molar-refractivity contribution is 0.123. The Bertz CT molecular complexity index is 1410. The summed E-state index contributed by atoms with van der Waals surface area (Å²) in [6.07, 6.45) is 4.68. The summed E-state index contributed by atoms with van der Waals surface area (Å²) < 4.78 is 0. The number of benzene rings is 4. The number of nitrogens with one attached hydrogen (secondary N) is 1. The van der Waals surface area contributed by atoms with Crippen molar-refractivity contribution in [1.82, 2.24) is 15.1 Å². The molecule has 4 atom stereocenters. The molecule has 0 amide bonds. The van der Waals surface area contributed by atoms with Crippen LogP contribution in [0.4, 0.5) is 0 Å². The molecule has 0 saturated carbocycles. The molecule has 0 unspecified atom stereocenters. The van der Waals surface area contributed by atoms with Gasteiger partial charge in [-0.3, -0.25) is 14.8 Å². The van der Waals surface area contributed by atoms with E-state index in [0.717, 1.165) is 44.9 Å². The van der Waals surface area contributed by atoms with Gasteiger partial charge in [0.05, 0.1) is 6.04 Å². The number of hydrogen-bond donors (Lipinski definition) is 1. The van der Waals surface area contributed by atoms with Crippen molar-refractivity contribution in [2.45, 2.75) is 77.7 Å². The second-order valence-electron chi connectivity index (χ2n) is 13.1.